The molecule has 4 rings (SSSR count). The average Bonchev–Trinajstić information content (AvgIpc) is 3.06. The van der Waals surface area contributed by atoms with Gasteiger partial charge in [-0.2, -0.15) is 0 Å². The van der Waals surface area contributed by atoms with Crippen LogP contribution in [0.25, 0.3) is 10.2 Å². The maximum absolute atomic E-state index is 13.4. The van der Waals surface area contributed by atoms with Gasteiger partial charge in [-0.25, -0.2) is 4.98 Å². The number of hydrogen-bond donors (Lipinski definition) is 0. The molecule has 0 saturated carbocycles. The molecule has 146 valence electrons. The van der Waals surface area contributed by atoms with Crippen molar-refractivity contribution in [2.75, 3.05) is 7.11 Å². The van der Waals surface area contributed by atoms with Crippen molar-refractivity contribution >= 4 is 27.3 Å². The van der Waals surface area contributed by atoms with Gasteiger partial charge in [0.1, 0.15) is 22.2 Å². The van der Waals surface area contributed by atoms with Gasteiger partial charge in [-0.1, -0.05) is 12.1 Å². The summed E-state index contributed by atoms with van der Waals surface area (Å²) in [6, 6.07) is 7.80. The first kappa shape index (κ1) is 18.9. The Bertz CT molecular complexity index is 1080. The molecule has 0 amide bonds. The van der Waals surface area contributed by atoms with Gasteiger partial charge in [0.2, 0.25) is 0 Å². The number of methoxy groups -OCH3 is 1. The van der Waals surface area contributed by atoms with E-state index in [4.69, 9.17) is 9.72 Å². The standard InChI is InChI=1S/C22H24N2O3S/c1-14(25)11-12-24-19(13-15-7-9-16(27-2)10-8-15)23-21-20(22(24)26)17-5-3-4-6-18(17)28-21/h7-10H,3-6,11-13H2,1-2H3. The fourth-order valence-electron chi connectivity index (χ4n) is 3.84. The zero-order valence-electron chi connectivity index (χ0n) is 16.3. The molecule has 3 aromatic rings. The molecule has 0 saturated heterocycles. The zero-order valence-corrected chi connectivity index (χ0v) is 17.1. The Balaban J connectivity index is 1.81. The molecule has 28 heavy (non-hydrogen) atoms. The molecule has 1 aliphatic rings. The Labute approximate surface area is 168 Å². The molecule has 1 aliphatic carbocycles. The molecule has 0 fully saturated rings. The van der Waals surface area contributed by atoms with Gasteiger partial charge in [0.25, 0.3) is 5.56 Å². The van der Waals surface area contributed by atoms with Crippen LogP contribution in [0.1, 0.15) is 48.0 Å². The highest BCUT2D eigenvalue weighted by Crippen LogP contribution is 2.34. The summed E-state index contributed by atoms with van der Waals surface area (Å²) in [5, 5.41) is 0.779. The average molecular weight is 397 g/mol. The van der Waals surface area contributed by atoms with Gasteiger partial charge in [0.05, 0.1) is 12.5 Å². The maximum atomic E-state index is 13.4. The van der Waals surface area contributed by atoms with Gasteiger partial charge >= 0.3 is 0 Å². The summed E-state index contributed by atoms with van der Waals surface area (Å²) in [6.07, 6.45) is 5.19. The molecule has 0 unspecified atom stereocenters. The second-order valence-electron chi connectivity index (χ2n) is 7.35. The third-order valence-electron chi connectivity index (χ3n) is 5.36. The van der Waals surface area contributed by atoms with E-state index in [-0.39, 0.29) is 11.3 Å². The molecule has 5 nitrogen and oxygen atoms in total. The minimum atomic E-state index is 0.00848. The minimum absolute atomic E-state index is 0.00848. The van der Waals surface area contributed by atoms with Gasteiger partial charge in [-0.3, -0.25) is 14.2 Å². The van der Waals surface area contributed by atoms with E-state index in [0.717, 1.165) is 46.6 Å². The molecule has 2 aromatic heterocycles. The number of aryl methyl sites for hydroxylation is 2. The van der Waals surface area contributed by atoms with Crippen LogP contribution in [0, 0.1) is 0 Å². The number of hydrogen-bond acceptors (Lipinski definition) is 5. The molecule has 0 spiro atoms. The van der Waals surface area contributed by atoms with E-state index in [1.807, 2.05) is 24.3 Å². The lowest BCUT2D eigenvalue weighted by Gasteiger charge is -2.14. The molecular formula is C22H24N2O3S. The number of carbonyl (C=O) groups is 1. The van der Waals surface area contributed by atoms with Crippen LogP contribution in [0.15, 0.2) is 29.1 Å². The molecule has 1 aromatic carbocycles. The second kappa shape index (κ2) is 7.87. The van der Waals surface area contributed by atoms with Crippen LogP contribution in [0.2, 0.25) is 0 Å². The number of ether oxygens (including phenoxy) is 1. The van der Waals surface area contributed by atoms with Crippen LogP contribution >= 0.6 is 11.3 Å². The fraction of sp³-hybridized carbons (Fsp3) is 0.409. The first-order valence-electron chi connectivity index (χ1n) is 9.73. The summed E-state index contributed by atoms with van der Waals surface area (Å²) in [5.41, 5.74) is 2.26. The Morgan fingerprint density at radius 3 is 2.68 bits per heavy atom. The van der Waals surface area contributed by atoms with Gasteiger partial charge < -0.3 is 4.74 Å². The maximum Gasteiger partial charge on any atom is 0.262 e. The van der Waals surface area contributed by atoms with Crippen LogP contribution in [0.4, 0.5) is 0 Å². The molecular weight excluding hydrogens is 372 g/mol. The van der Waals surface area contributed by atoms with Crippen molar-refractivity contribution in [1.29, 1.82) is 0 Å². The highest BCUT2D eigenvalue weighted by molar-refractivity contribution is 7.18. The third-order valence-corrected chi connectivity index (χ3v) is 6.55. The number of aromatic nitrogens is 2. The number of fused-ring (bicyclic) bond motifs is 3. The lowest BCUT2D eigenvalue weighted by atomic mass is 9.97. The smallest absolute Gasteiger partial charge is 0.262 e. The Morgan fingerprint density at radius 1 is 1.21 bits per heavy atom. The quantitative estimate of drug-likeness (QED) is 0.634. The Kier molecular flexibility index (Phi) is 5.31. The molecule has 0 N–H and O–H groups in total. The van der Waals surface area contributed by atoms with Gasteiger partial charge in [-0.15, -0.1) is 11.3 Å². The van der Waals surface area contributed by atoms with E-state index in [2.05, 4.69) is 0 Å². The number of carbonyl (C=O) groups excluding carboxylic acids is 1. The summed E-state index contributed by atoms with van der Waals surface area (Å²) in [6.45, 7) is 1.94. The number of benzene rings is 1. The van der Waals surface area contributed by atoms with Gasteiger partial charge in [0, 0.05) is 24.3 Å². The summed E-state index contributed by atoms with van der Waals surface area (Å²) in [4.78, 5) is 32.0. The van der Waals surface area contributed by atoms with E-state index in [1.165, 1.54) is 16.9 Å². The van der Waals surface area contributed by atoms with Crippen LogP contribution < -0.4 is 10.3 Å². The van der Waals surface area contributed by atoms with Crippen LogP contribution in [-0.4, -0.2) is 22.4 Å². The lowest BCUT2D eigenvalue weighted by molar-refractivity contribution is -0.117. The SMILES string of the molecule is COc1ccc(Cc2nc3sc4c(c3c(=O)n2CCC(C)=O)CCCC4)cc1. The summed E-state index contributed by atoms with van der Waals surface area (Å²) in [5.74, 6) is 1.60. The van der Waals surface area contributed by atoms with Crippen LogP contribution in [0.5, 0.6) is 5.75 Å². The number of ketones is 1. The largest absolute Gasteiger partial charge is 0.497 e. The summed E-state index contributed by atoms with van der Waals surface area (Å²) >= 11 is 1.67. The van der Waals surface area contributed by atoms with Crippen molar-refractivity contribution in [3.63, 3.8) is 0 Å². The minimum Gasteiger partial charge on any atom is -0.497 e. The van der Waals surface area contributed by atoms with Crippen molar-refractivity contribution in [3.05, 3.63) is 56.4 Å². The Hall–Kier alpha value is -2.47. The van der Waals surface area contributed by atoms with E-state index in [9.17, 15) is 9.59 Å². The molecule has 0 radical (unpaired) electrons. The second-order valence-corrected chi connectivity index (χ2v) is 8.44. The molecule has 0 atom stereocenters. The van der Waals surface area contributed by atoms with E-state index in [1.54, 1.807) is 29.9 Å². The van der Waals surface area contributed by atoms with Crippen molar-refractivity contribution in [2.24, 2.45) is 0 Å². The molecule has 0 bridgehead atoms. The van der Waals surface area contributed by atoms with Crippen molar-refractivity contribution in [1.82, 2.24) is 9.55 Å². The zero-order chi connectivity index (χ0) is 19.7. The number of thiophene rings is 1. The first-order chi connectivity index (χ1) is 13.6. The van der Waals surface area contributed by atoms with Gasteiger partial charge in [-0.05, 0) is 55.9 Å². The van der Waals surface area contributed by atoms with E-state index >= 15 is 0 Å². The van der Waals surface area contributed by atoms with Crippen molar-refractivity contribution in [2.45, 2.75) is 52.0 Å². The number of Topliss-reactive ketones (excluding diaryl/α,β-unsaturated/α-hetero) is 1. The fourth-order valence-corrected chi connectivity index (χ4v) is 5.11. The number of nitrogens with zero attached hydrogens (tertiary/aromatic N) is 2. The lowest BCUT2D eigenvalue weighted by Crippen LogP contribution is -2.26. The molecule has 6 heteroatoms. The first-order valence-corrected chi connectivity index (χ1v) is 10.5. The van der Waals surface area contributed by atoms with Crippen LogP contribution in [0.3, 0.4) is 0 Å². The highest BCUT2D eigenvalue weighted by atomic mass is 32.1. The summed E-state index contributed by atoms with van der Waals surface area (Å²) in [7, 11) is 1.64. The predicted molar refractivity (Wildman–Crippen MR) is 112 cm³/mol. The Morgan fingerprint density at radius 2 is 1.96 bits per heavy atom. The number of rotatable bonds is 6. The van der Waals surface area contributed by atoms with Crippen LogP contribution in [-0.2, 0) is 30.6 Å². The monoisotopic (exact) mass is 396 g/mol. The highest BCUT2D eigenvalue weighted by Gasteiger charge is 2.22. The van der Waals surface area contributed by atoms with Crippen molar-refractivity contribution < 1.29 is 9.53 Å². The normalized spacial score (nSPS) is 13.5. The molecule has 0 aliphatic heterocycles. The third kappa shape index (κ3) is 3.61. The van der Waals surface area contributed by atoms with Gasteiger partial charge in [0.15, 0.2) is 0 Å². The molecule has 2 heterocycles. The topological polar surface area (TPSA) is 61.2 Å². The predicted octanol–water partition coefficient (Wildman–Crippen LogP) is 3.92. The van der Waals surface area contributed by atoms with Crippen molar-refractivity contribution in [3.8, 4) is 5.75 Å². The van der Waals surface area contributed by atoms with E-state index in [0.29, 0.717) is 19.4 Å². The summed E-state index contributed by atoms with van der Waals surface area (Å²) < 4.78 is 6.94. The van der Waals surface area contributed by atoms with E-state index < -0.39 is 0 Å².